The van der Waals surface area contributed by atoms with Gasteiger partial charge in [0, 0.05) is 23.3 Å². The molecule has 0 radical (unpaired) electrons. The third-order valence-electron chi connectivity index (χ3n) is 5.15. The Bertz CT molecular complexity index is 796. The molecule has 1 fully saturated rings. The Morgan fingerprint density at radius 3 is 2.31 bits per heavy atom. The molecule has 1 aliphatic rings. The molecule has 2 aromatic carbocycles. The summed E-state index contributed by atoms with van der Waals surface area (Å²) < 4.78 is 0. The van der Waals surface area contributed by atoms with Gasteiger partial charge in [-0.2, -0.15) is 0 Å². The van der Waals surface area contributed by atoms with Gasteiger partial charge in [0.05, 0.1) is 5.41 Å². The van der Waals surface area contributed by atoms with Gasteiger partial charge in [-0.05, 0) is 54.8 Å². The van der Waals surface area contributed by atoms with Crippen molar-refractivity contribution in [2.75, 3.05) is 12.4 Å². The van der Waals surface area contributed by atoms with E-state index in [0.717, 1.165) is 37.7 Å². The highest BCUT2D eigenvalue weighted by molar-refractivity contribution is 6.30. The van der Waals surface area contributed by atoms with Crippen molar-refractivity contribution in [2.24, 2.45) is 0 Å². The van der Waals surface area contributed by atoms with E-state index >= 15 is 0 Å². The van der Waals surface area contributed by atoms with E-state index in [9.17, 15) is 9.59 Å². The van der Waals surface area contributed by atoms with E-state index in [4.69, 9.17) is 11.6 Å². The molecule has 2 amide bonds. The van der Waals surface area contributed by atoms with Crippen LogP contribution in [-0.4, -0.2) is 18.9 Å². The van der Waals surface area contributed by atoms with E-state index in [1.807, 2.05) is 24.3 Å². The van der Waals surface area contributed by atoms with E-state index in [-0.39, 0.29) is 11.8 Å². The number of hydrogen-bond acceptors (Lipinski definition) is 2. The summed E-state index contributed by atoms with van der Waals surface area (Å²) in [6.45, 7) is 0. The predicted octanol–water partition coefficient (Wildman–Crippen LogP) is 4.54. The maximum absolute atomic E-state index is 13.2. The number of hydrogen-bond donors (Lipinski definition) is 2. The van der Waals surface area contributed by atoms with Crippen LogP contribution < -0.4 is 10.6 Å². The van der Waals surface area contributed by atoms with Crippen LogP contribution in [0, 0.1) is 0 Å². The van der Waals surface area contributed by atoms with Crippen LogP contribution in [0.15, 0.2) is 48.5 Å². The second-order valence-corrected chi connectivity index (χ2v) is 7.20. The smallest absolute Gasteiger partial charge is 0.251 e. The zero-order valence-corrected chi connectivity index (χ0v) is 15.6. The van der Waals surface area contributed by atoms with Crippen LogP contribution in [0.3, 0.4) is 0 Å². The first-order valence-electron chi connectivity index (χ1n) is 8.95. The van der Waals surface area contributed by atoms with E-state index in [2.05, 4.69) is 10.6 Å². The molecule has 0 aliphatic heterocycles. The van der Waals surface area contributed by atoms with Crippen LogP contribution in [0.5, 0.6) is 0 Å². The summed E-state index contributed by atoms with van der Waals surface area (Å²) in [6.07, 6.45) is 4.83. The molecule has 0 unspecified atom stereocenters. The maximum atomic E-state index is 13.2. The van der Waals surface area contributed by atoms with E-state index in [1.165, 1.54) is 0 Å². The Morgan fingerprint density at radius 1 is 1.00 bits per heavy atom. The minimum atomic E-state index is -0.553. The monoisotopic (exact) mass is 370 g/mol. The van der Waals surface area contributed by atoms with Crippen LogP contribution in [-0.2, 0) is 10.2 Å². The maximum Gasteiger partial charge on any atom is 0.251 e. The van der Waals surface area contributed by atoms with Gasteiger partial charge in [0.1, 0.15) is 0 Å². The minimum Gasteiger partial charge on any atom is -0.355 e. The van der Waals surface area contributed by atoms with Crippen LogP contribution >= 0.6 is 11.6 Å². The summed E-state index contributed by atoms with van der Waals surface area (Å²) in [5, 5.41) is 6.28. The van der Waals surface area contributed by atoms with E-state index < -0.39 is 5.41 Å². The summed E-state index contributed by atoms with van der Waals surface area (Å²) in [6, 6.07) is 14.6. The molecule has 136 valence electrons. The lowest BCUT2D eigenvalue weighted by Crippen LogP contribution is -2.42. The lowest BCUT2D eigenvalue weighted by Gasteiger charge is -2.36. The van der Waals surface area contributed by atoms with Gasteiger partial charge in [0.15, 0.2) is 0 Å². The fourth-order valence-electron chi connectivity index (χ4n) is 3.69. The van der Waals surface area contributed by atoms with Gasteiger partial charge < -0.3 is 10.6 Å². The lowest BCUT2D eigenvalue weighted by molar-refractivity contribution is -0.122. The Labute approximate surface area is 158 Å². The normalized spacial score (nSPS) is 15.9. The zero-order valence-electron chi connectivity index (χ0n) is 14.8. The third-order valence-corrected chi connectivity index (χ3v) is 5.39. The van der Waals surface area contributed by atoms with Gasteiger partial charge in [-0.15, -0.1) is 0 Å². The lowest BCUT2D eigenvalue weighted by atomic mass is 9.68. The van der Waals surface area contributed by atoms with Crippen LogP contribution in [0.4, 0.5) is 5.69 Å². The molecule has 2 N–H and O–H groups in total. The molecular weight excluding hydrogens is 348 g/mol. The first-order chi connectivity index (χ1) is 12.5. The highest BCUT2D eigenvalue weighted by atomic mass is 35.5. The summed E-state index contributed by atoms with van der Waals surface area (Å²) in [7, 11) is 1.59. The van der Waals surface area contributed by atoms with Gasteiger partial charge in [-0.25, -0.2) is 0 Å². The SMILES string of the molecule is CNC(=O)c1ccc(NC(=O)C2(c3cccc(Cl)c3)CCCCC2)cc1. The van der Waals surface area contributed by atoms with Crippen molar-refractivity contribution >= 4 is 29.1 Å². The summed E-state index contributed by atoms with van der Waals surface area (Å²) in [5.41, 5.74) is 1.68. The van der Waals surface area contributed by atoms with Crippen molar-refractivity contribution in [1.29, 1.82) is 0 Å². The topological polar surface area (TPSA) is 58.2 Å². The molecule has 1 saturated carbocycles. The van der Waals surface area contributed by atoms with Gasteiger partial charge >= 0.3 is 0 Å². The Kier molecular flexibility index (Phi) is 5.62. The number of benzene rings is 2. The van der Waals surface area contributed by atoms with Gasteiger partial charge in [0.2, 0.25) is 5.91 Å². The molecule has 0 atom stereocenters. The first kappa shape index (κ1) is 18.5. The molecule has 2 aromatic rings. The van der Waals surface area contributed by atoms with Crippen molar-refractivity contribution in [3.63, 3.8) is 0 Å². The van der Waals surface area contributed by atoms with Crippen molar-refractivity contribution in [2.45, 2.75) is 37.5 Å². The third kappa shape index (κ3) is 3.75. The molecule has 0 bridgehead atoms. The number of halogens is 1. The quantitative estimate of drug-likeness (QED) is 0.830. The standard InChI is InChI=1S/C21H23ClN2O2/c1-23-19(25)15-8-10-18(11-9-15)24-20(26)21(12-3-2-4-13-21)16-6-5-7-17(22)14-16/h5-11,14H,2-4,12-13H2,1H3,(H,23,25)(H,24,26). The highest BCUT2D eigenvalue weighted by Crippen LogP contribution is 2.41. The number of nitrogens with one attached hydrogen (secondary N) is 2. The number of anilines is 1. The molecule has 5 heteroatoms. The van der Waals surface area contributed by atoms with Crippen molar-refractivity contribution in [1.82, 2.24) is 5.32 Å². The molecule has 0 spiro atoms. The second-order valence-electron chi connectivity index (χ2n) is 6.76. The Morgan fingerprint density at radius 2 is 1.69 bits per heavy atom. The zero-order chi connectivity index (χ0) is 18.6. The first-order valence-corrected chi connectivity index (χ1v) is 9.33. The van der Waals surface area contributed by atoms with Crippen molar-refractivity contribution in [3.8, 4) is 0 Å². The van der Waals surface area contributed by atoms with Crippen LogP contribution in [0.1, 0.15) is 48.0 Å². The summed E-state index contributed by atoms with van der Waals surface area (Å²) in [5.74, 6) is -0.155. The minimum absolute atomic E-state index is 0.00726. The number of rotatable bonds is 4. The average Bonchev–Trinajstić information content (AvgIpc) is 2.68. The molecule has 0 saturated heterocycles. The van der Waals surface area contributed by atoms with Crippen LogP contribution in [0.25, 0.3) is 0 Å². The molecule has 3 rings (SSSR count). The highest BCUT2D eigenvalue weighted by Gasteiger charge is 2.41. The van der Waals surface area contributed by atoms with Crippen molar-refractivity contribution < 1.29 is 9.59 Å². The molecule has 26 heavy (non-hydrogen) atoms. The van der Waals surface area contributed by atoms with Crippen molar-refractivity contribution in [3.05, 3.63) is 64.7 Å². The Hall–Kier alpha value is -2.33. The molecular formula is C21H23ClN2O2. The number of carbonyl (C=O) groups excluding carboxylic acids is 2. The van der Waals surface area contributed by atoms with E-state index in [1.54, 1.807) is 31.3 Å². The fraction of sp³-hybridized carbons (Fsp3) is 0.333. The summed E-state index contributed by atoms with van der Waals surface area (Å²) >= 11 is 6.18. The molecule has 0 aromatic heterocycles. The Balaban J connectivity index is 1.85. The fourth-order valence-corrected chi connectivity index (χ4v) is 3.88. The number of carbonyl (C=O) groups is 2. The predicted molar refractivity (Wildman–Crippen MR) is 105 cm³/mol. The van der Waals surface area contributed by atoms with E-state index in [0.29, 0.717) is 16.3 Å². The molecule has 0 heterocycles. The second kappa shape index (κ2) is 7.92. The molecule has 4 nitrogen and oxygen atoms in total. The van der Waals surface area contributed by atoms with Gasteiger partial charge in [-0.1, -0.05) is 43.0 Å². The number of amides is 2. The average molecular weight is 371 g/mol. The van der Waals surface area contributed by atoms with Gasteiger partial charge in [0.25, 0.3) is 5.91 Å². The van der Waals surface area contributed by atoms with Gasteiger partial charge in [-0.3, -0.25) is 9.59 Å². The molecule has 1 aliphatic carbocycles. The largest absolute Gasteiger partial charge is 0.355 e. The van der Waals surface area contributed by atoms with Crippen LogP contribution in [0.2, 0.25) is 5.02 Å². The summed E-state index contributed by atoms with van der Waals surface area (Å²) in [4.78, 5) is 24.9.